The van der Waals surface area contributed by atoms with Gasteiger partial charge in [0.1, 0.15) is 0 Å². The topological polar surface area (TPSA) is 57.5 Å². The second kappa shape index (κ2) is 3.85. The molecule has 0 bridgehead atoms. The minimum Gasteiger partial charge on any atom is -0.412 e. The Morgan fingerprint density at radius 3 is 1.89 bits per heavy atom. The van der Waals surface area contributed by atoms with E-state index in [4.69, 9.17) is 5.73 Å². The van der Waals surface area contributed by atoms with Crippen LogP contribution in [0.25, 0.3) is 0 Å². The lowest BCUT2D eigenvalue weighted by Crippen LogP contribution is -2.25. The lowest BCUT2D eigenvalue weighted by Gasteiger charge is -2.22. The lowest BCUT2D eigenvalue weighted by molar-refractivity contribution is 0.348. The molecule has 0 spiro atoms. The summed E-state index contributed by atoms with van der Waals surface area (Å²) in [5.74, 6) is 0.940. The molecule has 0 heterocycles. The van der Waals surface area contributed by atoms with Crippen LogP contribution < -0.4 is 5.73 Å². The summed E-state index contributed by atoms with van der Waals surface area (Å²) in [4.78, 5) is 0. The molecule has 4 N–H and O–H groups in total. The van der Waals surface area contributed by atoms with Crippen molar-refractivity contribution in [2.45, 2.75) is 38.6 Å². The van der Waals surface area contributed by atoms with Gasteiger partial charge in [0.25, 0.3) is 0 Å². The van der Waals surface area contributed by atoms with Gasteiger partial charge in [-0.2, -0.15) is 0 Å². The van der Waals surface area contributed by atoms with Crippen molar-refractivity contribution in [1.82, 2.24) is 0 Å². The van der Waals surface area contributed by atoms with Gasteiger partial charge in [0.05, 0.1) is 0 Å². The van der Waals surface area contributed by atoms with E-state index in [1.807, 2.05) is 0 Å². The maximum atomic E-state index is 5.70. The van der Waals surface area contributed by atoms with Crippen LogP contribution in [-0.4, -0.2) is 11.5 Å². The van der Waals surface area contributed by atoms with Crippen LogP contribution in [-0.2, 0) is 0 Å². The Hall–Kier alpha value is -0.0800. The molecule has 0 aliphatic heterocycles. The molecule has 1 rings (SSSR count). The van der Waals surface area contributed by atoms with Crippen LogP contribution in [0.2, 0.25) is 0 Å². The SMILES string of the molecule is CC1CCC(N)CC1.O. The Balaban J connectivity index is 0.000000640. The highest BCUT2D eigenvalue weighted by atomic mass is 16.0. The molecule has 1 aliphatic rings. The van der Waals surface area contributed by atoms with Crippen LogP contribution in [0.1, 0.15) is 32.6 Å². The first kappa shape index (κ1) is 8.92. The molecule has 0 unspecified atom stereocenters. The standard InChI is InChI=1S/C7H15N.H2O/c1-6-2-4-7(8)5-3-6;/h6-7H,2-5,8H2,1H3;1H2. The Morgan fingerprint density at radius 1 is 1.11 bits per heavy atom. The molecule has 56 valence electrons. The van der Waals surface area contributed by atoms with Gasteiger partial charge in [-0.25, -0.2) is 0 Å². The third kappa shape index (κ3) is 2.82. The van der Waals surface area contributed by atoms with Gasteiger partial charge >= 0.3 is 0 Å². The smallest absolute Gasteiger partial charge is 0.00390 e. The van der Waals surface area contributed by atoms with Crippen molar-refractivity contribution in [2.75, 3.05) is 0 Å². The number of hydrogen-bond acceptors (Lipinski definition) is 1. The van der Waals surface area contributed by atoms with Crippen molar-refractivity contribution in [3.63, 3.8) is 0 Å². The van der Waals surface area contributed by atoms with Crippen LogP contribution in [0.5, 0.6) is 0 Å². The van der Waals surface area contributed by atoms with E-state index in [0.29, 0.717) is 6.04 Å². The summed E-state index contributed by atoms with van der Waals surface area (Å²) in [5, 5.41) is 0. The van der Waals surface area contributed by atoms with E-state index in [9.17, 15) is 0 Å². The fourth-order valence-electron chi connectivity index (χ4n) is 1.29. The minimum atomic E-state index is 0. The van der Waals surface area contributed by atoms with Crippen molar-refractivity contribution in [3.8, 4) is 0 Å². The average Bonchev–Trinajstić information content (AvgIpc) is 1.77. The third-order valence-corrected chi connectivity index (χ3v) is 2.06. The second-order valence-corrected chi connectivity index (χ2v) is 3.02. The molecule has 0 saturated heterocycles. The molecule has 1 aliphatic carbocycles. The molecule has 0 aromatic heterocycles. The van der Waals surface area contributed by atoms with Crippen molar-refractivity contribution >= 4 is 0 Å². The summed E-state index contributed by atoms with van der Waals surface area (Å²) < 4.78 is 0. The van der Waals surface area contributed by atoms with Crippen molar-refractivity contribution in [2.24, 2.45) is 11.7 Å². The fourth-order valence-corrected chi connectivity index (χ4v) is 1.29. The van der Waals surface area contributed by atoms with E-state index in [-0.39, 0.29) is 5.48 Å². The Morgan fingerprint density at radius 2 is 1.56 bits per heavy atom. The number of rotatable bonds is 0. The normalized spacial score (nSPS) is 35.3. The van der Waals surface area contributed by atoms with E-state index in [0.717, 1.165) is 5.92 Å². The largest absolute Gasteiger partial charge is 0.412 e. The summed E-state index contributed by atoms with van der Waals surface area (Å²) >= 11 is 0. The first-order valence-electron chi connectivity index (χ1n) is 3.54. The zero-order valence-electron chi connectivity index (χ0n) is 6.06. The van der Waals surface area contributed by atoms with Gasteiger partial charge in [-0.1, -0.05) is 6.92 Å². The van der Waals surface area contributed by atoms with Gasteiger partial charge in [0.2, 0.25) is 0 Å². The minimum absolute atomic E-state index is 0. The van der Waals surface area contributed by atoms with Gasteiger partial charge in [-0.05, 0) is 31.6 Å². The molecule has 0 aromatic rings. The molecule has 0 amide bonds. The van der Waals surface area contributed by atoms with E-state index in [1.54, 1.807) is 0 Å². The highest BCUT2D eigenvalue weighted by Gasteiger charge is 2.13. The third-order valence-electron chi connectivity index (χ3n) is 2.06. The van der Waals surface area contributed by atoms with E-state index in [2.05, 4.69) is 6.92 Å². The van der Waals surface area contributed by atoms with Gasteiger partial charge in [-0.15, -0.1) is 0 Å². The zero-order valence-corrected chi connectivity index (χ0v) is 6.06. The van der Waals surface area contributed by atoms with Crippen LogP contribution in [0.4, 0.5) is 0 Å². The van der Waals surface area contributed by atoms with E-state index >= 15 is 0 Å². The monoisotopic (exact) mass is 131 g/mol. The van der Waals surface area contributed by atoms with Crippen LogP contribution in [0.15, 0.2) is 0 Å². The molecule has 2 nitrogen and oxygen atoms in total. The number of hydrogen-bond donors (Lipinski definition) is 1. The fraction of sp³-hybridized carbons (Fsp3) is 1.00. The van der Waals surface area contributed by atoms with Gasteiger partial charge in [0.15, 0.2) is 0 Å². The second-order valence-electron chi connectivity index (χ2n) is 3.02. The van der Waals surface area contributed by atoms with Crippen LogP contribution in [0.3, 0.4) is 0 Å². The summed E-state index contributed by atoms with van der Waals surface area (Å²) in [6, 6.07) is 0.520. The van der Waals surface area contributed by atoms with E-state index in [1.165, 1.54) is 25.7 Å². The summed E-state index contributed by atoms with van der Waals surface area (Å²) in [5.41, 5.74) is 5.70. The van der Waals surface area contributed by atoms with Crippen LogP contribution in [0, 0.1) is 5.92 Å². The maximum absolute atomic E-state index is 5.70. The van der Waals surface area contributed by atoms with Crippen molar-refractivity contribution in [3.05, 3.63) is 0 Å². The van der Waals surface area contributed by atoms with Crippen molar-refractivity contribution < 1.29 is 5.48 Å². The van der Waals surface area contributed by atoms with E-state index < -0.39 is 0 Å². The molecule has 2 heteroatoms. The molecular weight excluding hydrogens is 114 g/mol. The molecule has 0 aromatic carbocycles. The van der Waals surface area contributed by atoms with Gasteiger partial charge < -0.3 is 11.2 Å². The average molecular weight is 131 g/mol. The lowest BCUT2D eigenvalue weighted by atomic mass is 9.88. The zero-order chi connectivity index (χ0) is 5.98. The number of nitrogens with two attached hydrogens (primary N) is 1. The van der Waals surface area contributed by atoms with Crippen LogP contribution >= 0.6 is 0 Å². The molecule has 9 heavy (non-hydrogen) atoms. The molecule has 0 atom stereocenters. The quantitative estimate of drug-likeness (QED) is 0.517. The Labute approximate surface area is 56.7 Å². The molecular formula is C7H17NO. The highest BCUT2D eigenvalue weighted by molar-refractivity contribution is 4.70. The Bertz CT molecular complexity index is 57.3. The first-order chi connectivity index (χ1) is 3.79. The molecule has 1 fully saturated rings. The summed E-state index contributed by atoms with van der Waals surface area (Å²) in [7, 11) is 0. The summed E-state index contributed by atoms with van der Waals surface area (Å²) in [6.45, 7) is 2.31. The summed E-state index contributed by atoms with van der Waals surface area (Å²) in [6.07, 6.45) is 5.20. The predicted octanol–water partition coefficient (Wildman–Crippen LogP) is 0.699. The van der Waals surface area contributed by atoms with Crippen molar-refractivity contribution in [1.29, 1.82) is 0 Å². The highest BCUT2D eigenvalue weighted by Crippen LogP contribution is 2.21. The van der Waals surface area contributed by atoms with Gasteiger partial charge in [-0.3, -0.25) is 0 Å². The molecule has 1 saturated carbocycles. The maximum Gasteiger partial charge on any atom is 0.00390 e. The predicted molar refractivity (Wildman–Crippen MR) is 39.2 cm³/mol. The first-order valence-corrected chi connectivity index (χ1v) is 3.54. The Kier molecular flexibility index (Phi) is 3.82. The molecule has 0 radical (unpaired) electrons. The van der Waals surface area contributed by atoms with Gasteiger partial charge in [0, 0.05) is 6.04 Å².